The first kappa shape index (κ1) is 34.2. The fraction of sp³-hybridized carbons (Fsp3) is 0.742. The summed E-state index contributed by atoms with van der Waals surface area (Å²) < 4.78 is 29.6. The number of nitrogens with zero attached hydrogens (tertiary/aromatic N) is 3. The zero-order valence-electron chi connectivity index (χ0n) is 25.7. The van der Waals surface area contributed by atoms with Crippen molar-refractivity contribution in [1.82, 2.24) is 14.7 Å². The molecular formula is C31H53N3O5S. The van der Waals surface area contributed by atoms with Crippen LogP contribution in [-0.4, -0.2) is 99.7 Å². The molecule has 1 aromatic rings. The molecule has 0 aromatic heterocycles. The number of carbonyl (C=O) groups excluding carboxylic acids is 2. The molecular weight excluding hydrogens is 526 g/mol. The van der Waals surface area contributed by atoms with E-state index in [9.17, 15) is 18.0 Å². The maximum Gasteiger partial charge on any atom is 0.238 e. The van der Waals surface area contributed by atoms with Crippen LogP contribution in [0.4, 0.5) is 0 Å². The van der Waals surface area contributed by atoms with E-state index in [1.54, 1.807) is 23.1 Å². The van der Waals surface area contributed by atoms with E-state index in [4.69, 9.17) is 4.74 Å². The van der Waals surface area contributed by atoms with Gasteiger partial charge in [0, 0.05) is 39.3 Å². The van der Waals surface area contributed by atoms with Crippen molar-refractivity contribution in [2.45, 2.75) is 72.1 Å². The fourth-order valence-corrected chi connectivity index (χ4v) is 6.67. The number of sulfone groups is 1. The van der Waals surface area contributed by atoms with Gasteiger partial charge in [-0.2, -0.15) is 0 Å². The molecule has 0 spiro atoms. The van der Waals surface area contributed by atoms with Gasteiger partial charge in [0.2, 0.25) is 11.8 Å². The predicted molar refractivity (Wildman–Crippen MR) is 161 cm³/mol. The van der Waals surface area contributed by atoms with Gasteiger partial charge in [0.25, 0.3) is 0 Å². The lowest BCUT2D eigenvalue weighted by Gasteiger charge is -2.39. The first-order valence-electron chi connectivity index (χ1n) is 15.1. The third kappa shape index (κ3) is 11.1. The number of carbonyl (C=O) groups is 2. The Bertz CT molecular complexity index is 996. The number of likely N-dealkylation sites (tertiary alicyclic amines) is 2. The van der Waals surface area contributed by atoms with E-state index in [1.165, 1.54) is 12.1 Å². The molecule has 4 rings (SSSR count). The lowest BCUT2D eigenvalue weighted by atomic mass is 9.75. The molecule has 228 valence electrons. The van der Waals surface area contributed by atoms with Gasteiger partial charge in [-0.1, -0.05) is 59.7 Å². The van der Waals surface area contributed by atoms with E-state index in [-0.39, 0.29) is 10.8 Å². The van der Waals surface area contributed by atoms with Gasteiger partial charge in [0.1, 0.15) is 5.75 Å². The quantitative estimate of drug-likeness (QED) is 0.516. The minimum Gasteiger partial charge on any atom is -0.379 e. The van der Waals surface area contributed by atoms with E-state index in [1.807, 2.05) is 13.8 Å². The highest BCUT2D eigenvalue weighted by Crippen LogP contribution is 2.34. The number of benzene rings is 1. The first-order valence-corrected chi connectivity index (χ1v) is 16.7. The molecule has 3 aliphatic heterocycles. The molecule has 0 unspecified atom stereocenters. The highest BCUT2D eigenvalue weighted by Gasteiger charge is 2.31. The van der Waals surface area contributed by atoms with Crippen molar-refractivity contribution in [3.63, 3.8) is 0 Å². The Morgan fingerprint density at radius 3 is 2.02 bits per heavy atom. The van der Waals surface area contributed by atoms with Gasteiger partial charge in [-0.3, -0.25) is 14.5 Å². The smallest absolute Gasteiger partial charge is 0.238 e. The normalized spacial score (nSPS) is 21.0. The Kier molecular flexibility index (Phi) is 14.1. The standard InChI is InChI=1S/C15H28N2O2.C14H19NO3S.C2H6/c1-15(2,3)13-4-6-17(7-5-13)14(18)12-16-8-10-19-11-9-16;1-12-6-5-9-15(10-12)14(16)11-19(17,18)13-7-3-2-4-8-13;1-2/h13H,4-12H2,1-3H3;2-4,7-8,12H,5-6,9-11H2,1H3;1-2H3/t;12-;/m.1./s1. The number of hydrogen-bond donors (Lipinski definition) is 0. The van der Waals surface area contributed by atoms with Crippen LogP contribution in [0.2, 0.25) is 0 Å². The van der Waals surface area contributed by atoms with E-state index in [0.717, 1.165) is 71.0 Å². The van der Waals surface area contributed by atoms with Crippen molar-refractivity contribution in [3.05, 3.63) is 30.3 Å². The van der Waals surface area contributed by atoms with Gasteiger partial charge < -0.3 is 14.5 Å². The highest BCUT2D eigenvalue weighted by molar-refractivity contribution is 7.92. The van der Waals surface area contributed by atoms with E-state index in [0.29, 0.717) is 36.9 Å². The zero-order chi connectivity index (χ0) is 29.8. The molecule has 0 aliphatic carbocycles. The molecule has 1 aromatic carbocycles. The van der Waals surface area contributed by atoms with Crippen LogP contribution >= 0.6 is 0 Å². The van der Waals surface area contributed by atoms with Gasteiger partial charge in [-0.05, 0) is 55.1 Å². The van der Waals surface area contributed by atoms with Crippen LogP contribution < -0.4 is 0 Å². The maximum atomic E-state index is 12.3. The summed E-state index contributed by atoms with van der Waals surface area (Å²) in [7, 11) is -3.52. The zero-order valence-corrected chi connectivity index (χ0v) is 26.5. The summed E-state index contributed by atoms with van der Waals surface area (Å²) in [5.74, 6) is 0.797. The molecule has 8 nitrogen and oxygen atoms in total. The Hall–Kier alpha value is -1.97. The lowest BCUT2D eigenvalue weighted by molar-refractivity contribution is -0.135. The predicted octanol–water partition coefficient (Wildman–Crippen LogP) is 4.35. The molecule has 0 bridgehead atoms. The third-order valence-electron chi connectivity index (χ3n) is 7.96. The average Bonchev–Trinajstić information content (AvgIpc) is 2.95. The van der Waals surface area contributed by atoms with E-state index in [2.05, 4.69) is 37.5 Å². The van der Waals surface area contributed by atoms with Crippen LogP contribution in [-0.2, 0) is 24.2 Å². The molecule has 2 amide bonds. The second kappa shape index (κ2) is 16.5. The van der Waals surface area contributed by atoms with Gasteiger partial charge >= 0.3 is 0 Å². The fourth-order valence-electron chi connectivity index (χ4n) is 5.43. The largest absolute Gasteiger partial charge is 0.379 e. The molecule has 0 saturated carbocycles. The summed E-state index contributed by atoms with van der Waals surface area (Å²) in [6.07, 6.45) is 4.37. The van der Waals surface area contributed by atoms with Crippen molar-refractivity contribution >= 4 is 21.7 Å². The lowest BCUT2D eigenvalue weighted by Crippen LogP contribution is -2.47. The minimum absolute atomic E-state index is 0.216. The van der Waals surface area contributed by atoms with Crippen LogP contribution in [0.5, 0.6) is 0 Å². The van der Waals surface area contributed by atoms with Crippen molar-refractivity contribution in [3.8, 4) is 0 Å². The van der Waals surface area contributed by atoms with Gasteiger partial charge in [0.15, 0.2) is 9.84 Å². The number of ether oxygens (including phenoxy) is 1. The second-order valence-electron chi connectivity index (χ2n) is 12.1. The third-order valence-corrected chi connectivity index (χ3v) is 9.58. The van der Waals surface area contributed by atoms with Crippen molar-refractivity contribution < 1.29 is 22.7 Å². The number of rotatable bonds is 5. The Balaban J connectivity index is 0.000000264. The first-order chi connectivity index (χ1) is 19.0. The Morgan fingerprint density at radius 1 is 0.875 bits per heavy atom. The molecule has 3 heterocycles. The second-order valence-corrected chi connectivity index (χ2v) is 14.1. The molecule has 1 atom stereocenters. The summed E-state index contributed by atoms with van der Waals surface area (Å²) in [6.45, 7) is 20.1. The van der Waals surface area contributed by atoms with Crippen molar-refractivity contribution in [2.24, 2.45) is 17.3 Å². The molecule has 3 fully saturated rings. The Morgan fingerprint density at radius 2 is 1.48 bits per heavy atom. The minimum atomic E-state index is -3.52. The summed E-state index contributed by atoms with van der Waals surface area (Å²) in [4.78, 5) is 30.5. The number of amides is 2. The monoisotopic (exact) mass is 579 g/mol. The van der Waals surface area contributed by atoms with Crippen molar-refractivity contribution in [1.29, 1.82) is 0 Å². The van der Waals surface area contributed by atoms with Gasteiger partial charge in [0.05, 0.1) is 24.7 Å². The molecule has 3 saturated heterocycles. The van der Waals surface area contributed by atoms with E-state index < -0.39 is 15.6 Å². The summed E-state index contributed by atoms with van der Waals surface area (Å²) in [6, 6.07) is 8.15. The highest BCUT2D eigenvalue weighted by atomic mass is 32.2. The van der Waals surface area contributed by atoms with Crippen LogP contribution in [0, 0.1) is 17.3 Å². The maximum absolute atomic E-state index is 12.3. The van der Waals surface area contributed by atoms with Crippen molar-refractivity contribution in [2.75, 3.05) is 64.8 Å². The van der Waals surface area contributed by atoms with Gasteiger partial charge in [-0.25, -0.2) is 8.42 Å². The average molecular weight is 580 g/mol. The van der Waals surface area contributed by atoms with Crippen LogP contribution in [0.25, 0.3) is 0 Å². The van der Waals surface area contributed by atoms with E-state index >= 15 is 0 Å². The van der Waals surface area contributed by atoms with Crippen LogP contribution in [0.1, 0.15) is 67.2 Å². The van der Waals surface area contributed by atoms with Crippen LogP contribution in [0.3, 0.4) is 0 Å². The summed E-state index contributed by atoms with van der Waals surface area (Å²) >= 11 is 0. The number of hydrogen-bond acceptors (Lipinski definition) is 6. The SMILES string of the molecule is CC.CC(C)(C)C1CCN(C(=O)CN2CCOCC2)CC1.C[C@@H]1CCCN(C(=O)CS(=O)(=O)c2ccccc2)C1. The molecule has 40 heavy (non-hydrogen) atoms. The van der Waals surface area contributed by atoms with Crippen LogP contribution in [0.15, 0.2) is 35.2 Å². The summed E-state index contributed by atoms with van der Waals surface area (Å²) in [5.41, 5.74) is 0.374. The molecule has 0 radical (unpaired) electrons. The number of piperidine rings is 2. The molecule has 9 heteroatoms. The Labute approximate surface area is 243 Å². The number of morpholine rings is 1. The molecule has 3 aliphatic rings. The molecule has 0 N–H and O–H groups in total. The summed E-state index contributed by atoms with van der Waals surface area (Å²) in [5, 5.41) is 0. The topological polar surface area (TPSA) is 87.2 Å². The van der Waals surface area contributed by atoms with Gasteiger partial charge in [-0.15, -0.1) is 0 Å².